The van der Waals surface area contributed by atoms with E-state index in [1.54, 1.807) is 48.5 Å². The zero-order chi connectivity index (χ0) is 22.7. The zero-order valence-electron chi connectivity index (χ0n) is 17.5. The number of hydrogen-bond donors (Lipinski definition) is 1. The topological polar surface area (TPSA) is 66.8 Å². The number of benzene rings is 3. The number of carbonyl (C=O) groups is 2. The normalized spacial score (nSPS) is 17.6. The van der Waals surface area contributed by atoms with E-state index in [1.165, 1.54) is 4.90 Å². The summed E-state index contributed by atoms with van der Waals surface area (Å²) >= 11 is 5.97. The van der Waals surface area contributed by atoms with Gasteiger partial charge in [-0.2, -0.15) is 0 Å². The van der Waals surface area contributed by atoms with E-state index in [4.69, 9.17) is 16.3 Å². The van der Waals surface area contributed by atoms with E-state index in [0.717, 1.165) is 6.42 Å². The third-order valence-electron chi connectivity index (χ3n) is 5.25. The highest BCUT2D eigenvalue weighted by Gasteiger charge is 2.47. The quantitative estimate of drug-likeness (QED) is 0.296. The number of ether oxygens (including phenoxy) is 1. The first kappa shape index (κ1) is 21.7. The molecule has 3 aromatic carbocycles. The van der Waals surface area contributed by atoms with Crippen molar-refractivity contribution < 1.29 is 19.4 Å². The molecule has 5 nitrogen and oxygen atoms in total. The minimum absolute atomic E-state index is 0.0309. The Morgan fingerprint density at radius 2 is 1.72 bits per heavy atom. The van der Waals surface area contributed by atoms with Crippen molar-refractivity contribution >= 4 is 34.7 Å². The summed E-state index contributed by atoms with van der Waals surface area (Å²) in [7, 11) is 0. The SMILES string of the molecule is CCCOc1cccc(N2C(=O)C(=O)/C(=C(/O)c3ccc(Cl)cc3)C2c2ccccc2)c1. The van der Waals surface area contributed by atoms with Crippen LogP contribution in [0.2, 0.25) is 5.02 Å². The Morgan fingerprint density at radius 1 is 1.00 bits per heavy atom. The fraction of sp³-hybridized carbons (Fsp3) is 0.154. The van der Waals surface area contributed by atoms with E-state index in [1.807, 2.05) is 37.3 Å². The number of nitrogens with zero attached hydrogens (tertiary/aromatic N) is 1. The maximum Gasteiger partial charge on any atom is 0.300 e. The van der Waals surface area contributed by atoms with Crippen LogP contribution in [0.3, 0.4) is 0 Å². The van der Waals surface area contributed by atoms with E-state index in [0.29, 0.717) is 34.2 Å². The third-order valence-corrected chi connectivity index (χ3v) is 5.50. The summed E-state index contributed by atoms with van der Waals surface area (Å²) in [6.07, 6.45) is 0.847. The standard InChI is InChI=1S/C26H22ClNO4/c1-2-15-32-21-10-6-9-20(16-21)28-23(17-7-4-3-5-8-17)22(25(30)26(28)31)24(29)18-11-13-19(27)14-12-18/h3-14,16,23,29H,2,15H2,1H3/b24-22+. The summed E-state index contributed by atoms with van der Waals surface area (Å²) in [5.41, 5.74) is 1.67. The number of Topliss-reactive ketones (excluding diaryl/α,β-unsaturated/α-hetero) is 1. The van der Waals surface area contributed by atoms with E-state index in [-0.39, 0.29) is 11.3 Å². The molecule has 0 aliphatic carbocycles. The number of rotatable bonds is 6. The predicted octanol–water partition coefficient (Wildman–Crippen LogP) is 5.76. The lowest BCUT2D eigenvalue weighted by Crippen LogP contribution is -2.29. The van der Waals surface area contributed by atoms with Gasteiger partial charge >= 0.3 is 0 Å². The number of halogens is 1. The second-order valence-electron chi connectivity index (χ2n) is 7.43. The van der Waals surface area contributed by atoms with Gasteiger partial charge < -0.3 is 9.84 Å². The first-order chi connectivity index (χ1) is 15.5. The lowest BCUT2D eigenvalue weighted by atomic mass is 9.95. The van der Waals surface area contributed by atoms with Gasteiger partial charge in [-0.05, 0) is 48.4 Å². The van der Waals surface area contributed by atoms with E-state index in [9.17, 15) is 14.7 Å². The summed E-state index contributed by atoms with van der Waals surface area (Å²) in [5, 5.41) is 11.6. The van der Waals surface area contributed by atoms with E-state index >= 15 is 0 Å². The fourth-order valence-corrected chi connectivity index (χ4v) is 3.88. The smallest absolute Gasteiger partial charge is 0.300 e. The van der Waals surface area contributed by atoms with Gasteiger partial charge in [-0.1, -0.05) is 54.9 Å². The molecule has 1 amide bonds. The van der Waals surface area contributed by atoms with Crippen LogP contribution in [0, 0.1) is 0 Å². The molecule has 162 valence electrons. The highest BCUT2D eigenvalue weighted by atomic mass is 35.5. The minimum Gasteiger partial charge on any atom is -0.507 e. The summed E-state index contributed by atoms with van der Waals surface area (Å²) < 4.78 is 5.72. The molecule has 3 aromatic rings. The molecule has 0 bridgehead atoms. The molecule has 32 heavy (non-hydrogen) atoms. The number of aliphatic hydroxyl groups is 1. The van der Waals surface area contributed by atoms with Crippen LogP contribution < -0.4 is 9.64 Å². The minimum atomic E-state index is -0.784. The second kappa shape index (κ2) is 9.28. The van der Waals surface area contributed by atoms with Crippen LogP contribution in [0.4, 0.5) is 5.69 Å². The van der Waals surface area contributed by atoms with Gasteiger partial charge in [0.05, 0.1) is 18.2 Å². The Bertz CT molecular complexity index is 1170. The zero-order valence-corrected chi connectivity index (χ0v) is 18.3. The van der Waals surface area contributed by atoms with Crippen molar-refractivity contribution in [2.24, 2.45) is 0 Å². The van der Waals surface area contributed by atoms with Crippen LogP contribution in [-0.2, 0) is 9.59 Å². The van der Waals surface area contributed by atoms with Crippen LogP contribution in [0.15, 0.2) is 84.4 Å². The average Bonchev–Trinajstić information content (AvgIpc) is 3.09. The number of amides is 1. The molecule has 6 heteroatoms. The molecule has 1 aliphatic heterocycles. The van der Waals surface area contributed by atoms with Crippen LogP contribution in [0.25, 0.3) is 5.76 Å². The van der Waals surface area contributed by atoms with Crippen LogP contribution in [-0.4, -0.2) is 23.4 Å². The van der Waals surface area contributed by atoms with Crippen molar-refractivity contribution in [1.82, 2.24) is 0 Å². The van der Waals surface area contributed by atoms with Crippen molar-refractivity contribution in [3.63, 3.8) is 0 Å². The van der Waals surface area contributed by atoms with Gasteiger partial charge in [0.1, 0.15) is 11.5 Å². The Morgan fingerprint density at radius 3 is 2.41 bits per heavy atom. The molecule has 1 N–H and O–H groups in total. The molecular weight excluding hydrogens is 426 g/mol. The van der Waals surface area contributed by atoms with Crippen molar-refractivity contribution in [2.75, 3.05) is 11.5 Å². The molecule has 0 radical (unpaired) electrons. The maximum atomic E-state index is 13.2. The number of anilines is 1. The number of ketones is 1. The molecule has 1 unspecified atom stereocenters. The molecule has 0 spiro atoms. The lowest BCUT2D eigenvalue weighted by molar-refractivity contribution is -0.132. The number of carbonyl (C=O) groups excluding carboxylic acids is 2. The highest BCUT2D eigenvalue weighted by molar-refractivity contribution is 6.51. The Hall–Kier alpha value is -3.57. The Balaban J connectivity index is 1.87. The predicted molar refractivity (Wildman–Crippen MR) is 125 cm³/mol. The van der Waals surface area contributed by atoms with Gasteiger partial charge in [0.25, 0.3) is 11.7 Å². The number of aliphatic hydroxyl groups excluding tert-OH is 1. The second-order valence-corrected chi connectivity index (χ2v) is 7.87. The summed E-state index contributed by atoms with van der Waals surface area (Å²) in [6.45, 7) is 2.55. The van der Waals surface area contributed by atoms with Gasteiger partial charge in [-0.3, -0.25) is 14.5 Å². The number of hydrogen-bond acceptors (Lipinski definition) is 4. The molecule has 1 fully saturated rings. The van der Waals surface area contributed by atoms with Crippen LogP contribution in [0.5, 0.6) is 5.75 Å². The largest absolute Gasteiger partial charge is 0.507 e. The third kappa shape index (κ3) is 4.12. The molecule has 0 saturated carbocycles. The molecule has 1 heterocycles. The fourth-order valence-electron chi connectivity index (χ4n) is 3.76. The average molecular weight is 448 g/mol. The van der Waals surface area contributed by atoms with Crippen LogP contribution >= 0.6 is 11.6 Å². The van der Waals surface area contributed by atoms with Gasteiger partial charge in [0.15, 0.2) is 0 Å². The van der Waals surface area contributed by atoms with Crippen molar-refractivity contribution in [1.29, 1.82) is 0 Å². The van der Waals surface area contributed by atoms with Gasteiger partial charge in [-0.25, -0.2) is 0 Å². The molecular formula is C26H22ClNO4. The van der Waals surface area contributed by atoms with E-state index < -0.39 is 17.7 Å². The molecule has 1 atom stereocenters. The first-order valence-corrected chi connectivity index (χ1v) is 10.7. The first-order valence-electron chi connectivity index (χ1n) is 10.4. The molecule has 1 saturated heterocycles. The van der Waals surface area contributed by atoms with Crippen LogP contribution in [0.1, 0.15) is 30.5 Å². The van der Waals surface area contributed by atoms with Gasteiger partial charge in [0, 0.05) is 22.3 Å². The van der Waals surface area contributed by atoms with Crippen molar-refractivity contribution in [2.45, 2.75) is 19.4 Å². The lowest BCUT2D eigenvalue weighted by Gasteiger charge is -2.25. The summed E-state index contributed by atoms with van der Waals surface area (Å²) in [5.74, 6) is -1.08. The molecule has 0 aromatic heterocycles. The highest BCUT2D eigenvalue weighted by Crippen LogP contribution is 2.42. The van der Waals surface area contributed by atoms with E-state index in [2.05, 4.69) is 0 Å². The molecule has 4 rings (SSSR count). The maximum absolute atomic E-state index is 13.2. The summed E-state index contributed by atoms with van der Waals surface area (Å²) in [6, 6.07) is 21.9. The van der Waals surface area contributed by atoms with Gasteiger partial charge in [0.2, 0.25) is 0 Å². The Kier molecular flexibility index (Phi) is 6.28. The molecule has 1 aliphatic rings. The van der Waals surface area contributed by atoms with Crippen molar-refractivity contribution in [3.05, 3.63) is 101 Å². The Labute approximate surface area is 191 Å². The monoisotopic (exact) mass is 447 g/mol. The van der Waals surface area contributed by atoms with Crippen molar-refractivity contribution in [3.8, 4) is 5.75 Å². The summed E-state index contributed by atoms with van der Waals surface area (Å²) in [4.78, 5) is 27.7. The van der Waals surface area contributed by atoms with Gasteiger partial charge in [-0.15, -0.1) is 0 Å².